The molecule has 0 aliphatic rings. The van der Waals surface area contributed by atoms with Crippen molar-refractivity contribution in [1.82, 2.24) is 20.3 Å². The van der Waals surface area contributed by atoms with Gasteiger partial charge in [0.25, 0.3) is 0 Å². The molecule has 1 atom stereocenters. The second-order valence-corrected chi connectivity index (χ2v) is 4.42. The highest BCUT2D eigenvalue weighted by Gasteiger charge is 2.15. The van der Waals surface area contributed by atoms with Crippen molar-refractivity contribution in [3.8, 4) is 0 Å². The van der Waals surface area contributed by atoms with Crippen molar-refractivity contribution in [1.29, 1.82) is 0 Å². The number of benzene rings is 1. The van der Waals surface area contributed by atoms with Gasteiger partial charge in [-0.25, -0.2) is 4.98 Å². The van der Waals surface area contributed by atoms with Gasteiger partial charge in [0.05, 0.1) is 11.6 Å². The highest BCUT2D eigenvalue weighted by atomic mass is 15.0. The van der Waals surface area contributed by atoms with Crippen LogP contribution >= 0.6 is 0 Å². The summed E-state index contributed by atoms with van der Waals surface area (Å²) in [5.74, 6) is 0.928. The second kappa shape index (κ2) is 5.20. The first kappa shape index (κ1) is 11.9. The first-order chi connectivity index (χ1) is 9.38. The molecule has 3 aromatic rings. The van der Waals surface area contributed by atoms with Crippen molar-refractivity contribution in [2.45, 2.75) is 13.0 Å². The summed E-state index contributed by atoms with van der Waals surface area (Å²) in [5.41, 5.74) is 2.18. The molecule has 3 rings (SSSR count). The molecule has 0 saturated heterocycles. The van der Waals surface area contributed by atoms with Crippen molar-refractivity contribution in [2.75, 3.05) is 6.54 Å². The van der Waals surface area contributed by atoms with Gasteiger partial charge in [-0.1, -0.05) is 25.1 Å². The van der Waals surface area contributed by atoms with Crippen molar-refractivity contribution >= 4 is 10.9 Å². The molecule has 0 bridgehead atoms. The minimum Gasteiger partial charge on any atom is -0.347 e. The summed E-state index contributed by atoms with van der Waals surface area (Å²) in [4.78, 5) is 11.9. The fraction of sp³-hybridized carbons (Fsp3) is 0.200. The van der Waals surface area contributed by atoms with Crippen LogP contribution in [0.4, 0.5) is 0 Å². The van der Waals surface area contributed by atoms with Crippen LogP contribution in [0.5, 0.6) is 0 Å². The SMILES string of the molecule is CCNC(c1ccc2cccnc2c1)c1ncc[nH]1. The highest BCUT2D eigenvalue weighted by Crippen LogP contribution is 2.22. The van der Waals surface area contributed by atoms with Gasteiger partial charge in [-0.3, -0.25) is 4.98 Å². The number of imidazole rings is 1. The minimum absolute atomic E-state index is 0.0754. The summed E-state index contributed by atoms with van der Waals surface area (Å²) in [6.45, 7) is 2.97. The van der Waals surface area contributed by atoms with Crippen LogP contribution in [-0.2, 0) is 0 Å². The first-order valence-electron chi connectivity index (χ1n) is 6.46. The van der Waals surface area contributed by atoms with Crippen LogP contribution in [0.25, 0.3) is 10.9 Å². The van der Waals surface area contributed by atoms with Gasteiger partial charge in [-0.2, -0.15) is 0 Å². The topological polar surface area (TPSA) is 53.6 Å². The quantitative estimate of drug-likeness (QED) is 0.750. The maximum absolute atomic E-state index is 4.41. The molecule has 1 aromatic carbocycles. The predicted octanol–water partition coefficient (Wildman–Crippen LogP) is 2.66. The monoisotopic (exact) mass is 252 g/mol. The lowest BCUT2D eigenvalue weighted by Gasteiger charge is -2.16. The lowest BCUT2D eigenvalue weighted by molar-refractivity contribution is 0.604. The molecule has 0 radical (unpaired) electrons. The largest absolute Gasteiger partial charge is 0.347 e. The molecule has 2 aromatic heterocycles. The third-order valence-corrected chi connectivity index (χ3v) is 3.16. The molecule has 2 heterocycles. The molecule has 1 unspecified atom stereocenters. The van der Waals surface area contributed by atoms with Crippen LogP contribution in [0.3, 0.4) is 0 Å². The third-order valence-electron chi connectivity index (χ3n) is 3.16. The smallest absolute Gasteiger partial charge is 0.127 e. The van der Waals surface area contributed by atoms with Crippen molar-refractivity contribution in [3.63, 3.8) is 0 Å². The molecule has 4 nitrogen and oxygen atoms in total. The molecule has 96 valence electrons. The number of H-pyrrole nitrogens is 1. The van der Waals surface area contributed by atoms with E-state index in [9.17, 15) is 0 Å². The second-order valence-electron chi connectivity index (χ2n) is 4.42. The van der Waals surface area contributed by atoms with Gasteiger partial charge >= 0.3 is 0 Å². The van der Waals surface area contributed by atoms with Crippen LogP contribution < -0.4 is 5.32 Å². The summed E-state index contributed by atoms with van der Waals surface area (Å²) in [6.07, 6.45) is 5.44. The van der Waals surface area contributed by atoms with Crippen molar-refractivity contribution in [2.24, 2.45) is 0 Å². The number of fused-ring (bicyclic) bond motifs is 1. The van der Waals surface area contributed by atoms with Crippen LogP contribution in [0.2, 0.25) is 0 Å². The van der Waals surface area contributed by atoms with E-state index < -0.39 is 0 Å². The third kappa shape index (κ3) is 2.35. The average Bonchev–Trinajstić information content (AvgIpc) is 2.98. The molecule has 19 heavy (non-hydrogen) atoms. The van der Waals surface area contributed by atoms with E-state index in [2.05, 4.69) is 51.5 Å². The maximum atomic E-state index is 4.41. The molecule has 0 amide bonds. The number of aromatic nitrogens is 3. The Morgan fingerprint density at radius 1 is 1.21 bits per heavy atom. The zero-order chi connectivity index (χ0) is 13.1. The zero-order valence-electron chi connectivity index (χ0n) is 10.8. The van der Waals surface area contributed by atoms with Crippen molar-refractivity contribution < 1.29 is 0 Å². The van der Waals surface area contributed by atoms with Gasteiger partial charge in [-0.05, 0) is 24.2 Å². The number of nitrogens with zero attached hydrogens (tertiary/aromatic N) is 2. The van der Waals surface area contributed by atoms with E-state index in [1.807, 2.05) is 18.5 Å². The van der Waals surface area contributed by atoms with E-state index in [-0.39, 0.29) is 6.04 Å². The lowest BCUT2D eigenvalue weighted by atomic mass is 10.0. The number of aromatic amines is 1. The number of pyridine rings is 1. The molecule has 2 N–H and O–H groups in total. The summed E-state index contributed by atoms with van der Waals surface area (Å²) in [5, 5.41) is 4.60. The standard InChI is InChI=1S/C15H16N4/c1-2-16-14(15-18-8-9-19-15)12-6-5-11-4-3-7-17-13(11)10-12/h3-10,14,16H,2H2,1H3,(H,18,19). The predicted molar refractivity (Wildman–Crippen MR) is 75.9 cm³/mol. The molecular formula is C15H16N4. The molecule has 4 heteroatoms. The molecular weight excluding hydrogens is 236 g/mol. The number of hydrogen-bond acceptors (Lipinski definition) is 3. The summed E-state index contributed by atoms with van der Waals surface area (Å²) in [6, 6.07) is 10.4. The van der Waals surface area contributed by atoms with Crippen molar-refractivity contribution in [3.05, 3.63) is 60.3 Å². The normalized spacial score (nSPS) is 12.7. The van der Waals surface area contributed by atoms with Gasteiger partial charge in [-0.15, -0.1) is 0 Å². The van der Waals surface area contributed by atoms with Gasteiger partial charge < -0.3 is 10.3 Å². The van der Waals surface area contributed by atoms with E-state index in [0.717, 1.165) is 23.3 Å². The van der Waals surface area contributed by atoms with E-state index in [1.54, 1.807) is 6.20 Å². The minimum atomic E-state index is 0.0754. The van der Waals surface area contributed by atoms with Gasteiger partial charge in [0.1, 0.15) is 5.82 Å². The molecule has 0 spiro atoms. The highest BCUT2D eigenvalue weighted by molar-refractivity contribution is 5.79. The summed E-state index contributed by atoms with van der Waals surface area (Å²) < 4.78 is 0. The van der Waals surface area contributed by atoms with Gasteiger partial charge in [0.2, 0.25) is 0 Å². The number of nitrogens with one attached hydrogen (secondary N) is 2. The Morgan fingerprint density at radius 3 is 2.95 bits per heavy atom. The number of hydrogen-bond donors (Lipinski definition) is 2. The average molecular weight is 252 g/mol. The molecule has 0 aliphatic heterocycles. The number of rotatable bonds is 4. The summed E-state index contributed by atoms with van der Waals surface area (Å²) in [7, 11) is 0. The van der Waals surface area contributed by atoms with Gasteiger partial charge in [0, 0.05) is 24.0 Å². The van der Waals surface area contributed by atoms with E-state index in [4.69, 9.17) is 0 Å². The molecule has 0 saturated carbocycles. The van der Waals surface area contributed by atoms with E-state index in [0.29, 0.717) is 0 Å². The Morgan fingerprint density at radius 2 is 2.16 bits per heavy atom. The van der Waals surface area contributed by atoms with Gasteiger partial charge in [0.15, 0.2) is 0 Å². The van der Waals surface area contributed by atoms with Crippen LogP contribution in [0.15, 0.2) is 48.9 Å². The fourth-order valence-corrected chi connectivity index (χ4v) is 2.27. The van der Waals surface area contributed by atoms with Crippen LogP contribution in [0.1, 0.15) is 24.4 Å². The Labute approximate surface area is 111 Å². The maximum Gasteiger partial charge on any atom is 0.127 e. The zero-order valence-corrected chi connectivity index (χ0v) is 10.8. The molecule has 0 fully saturated rings. The fourth-order valence-electron chi connectivity index (χ4n) is 2.27. The Hall–Kier alpha value is -2.20. The van der Waals surface area contributed by atoms with Crippen LogP contribution in [0, 0.1) is 0 Å². The van der Waals surface area contributed by atoms with E-state index in [1.165, 1.54) is 5.56 Å². The lowest BCUT2D eigenvalue weighted by Crippen LogP contribution is -2.23. The summed E-state index contributed by atoms with van der Waals surface area (Å²) >= 11 is 0. The first-order valence-corrected chi connectivity index (χ1v) is 6.46. The van der Waals surface area contributed by atoms with Crippen LogP contribution in [-0.4, -0.2) is 21.5 Å². The Bertz CT molecular complexity index is 661. The Balaban J connectivity index is 2.05. The molecule has 0 aliphatic carbocycles. The Kier molecular flexibility index (Phi) is 3.25. The van der Waals surface area contributed by atoms with E-state index >= 15 is 0 Å².